The number of ether oxygens (including phenoxy) is 1. The Morgan fingerprint density at radius 1 is 1.47 bits per heavy atom. The van der Waals surface area contributed by atoms with Crippen LogP contribution >= 0.6 is 0 Å². The molecule has 5 nitrogen and oxygen atoms in total. The van der Waals surface area contributed by atoms with Crippen LogP contribution in [0, 0.1) is 5.92 Å². The number of aliphatic hydroxyl groups excluding tert-OH is 1. The second-order valence-corrected chi connectivity index (χ2v) is 5.03. The number of aliphatic carboxylic acids is 1. The third kappa shape index (κ3) is 6.00. The van der Waals surface area contributed by atoms with Gasteiger partial charge in [-0.3, -0.25) is 10.1 Å². The third-order valence-electron chi connectivity index (χ3n) is 2.78. The van der Waals surface area contributed by atoms with E-state index in [1.165, 1.54) is 0 Å². The number of aliphatic hydroxyl groups is 1. The van der Waals surface area contributed by atoms with Crippen molar-refractivity contribution >= 4 is 5.97 Å². The molecule has 5 heteroatoms. The van der Waals surface area contributed by atoms with E-state index in [1.54, 1.807) is 14.0 Å². The van der Waals surface area contributed by atoms with E-state index in [1.807, 2.05) is 13.8 Å². The summed E-state index contributed by atoms with van der Waals surface area (Å²) < 4.78 is 4.92. The van der Waals surface area contributed by atoms with Crippen LogP contribution < -0.4 is 5.32 Å². The van der Waals surface area contributed by atoms with E-state index in [9.17, 15) is 15.0 Å². The van der Waals surface area contributed by atoms with Crippen LogP contribution in [-0.2, 0) is 9.53 Å². The summed E-state index contributed by atoms with van der Waals surface area (Å²) in [5, 5.41) is 21.5. The van der Waals surface area contributed by atoms with Crippen molar-refractivity contribution in [1.29, 1.82) is 0 Å². The Morgan fingerprint density at radius 2 is 2.06 bits per heavy atom. The number of carbonyl (C=O) groups is 1. The Bertz CT molecular complexity index is 233. The SMILES string of the molecule is COCCC(C)(NC(CO)CC(C)C)C(=O)O. The standard InChI is InChI=1S/C12H25NO4/c1-9(2)7-10(8-14)13-12(3,11(15)16)5-6-17-4/h9-10,13-14H,5-8H2,1-4H3,(H,15,16). The first kappa shape index (κ1) is 16.4. The van der Waals surface area contributed by atoms with Gasteiger partial charge in [0, 0.05) is 19.8 Å². The van der Waals surface area contributed by atoms with Crippen molar-refractivity contribution in [2.24, 2.45) is 5.92 Å². The lowest BCUT2D eigenvalue weighted by molar-refractivity contribution is -0.145. The minimum atomic E-state index is -1.06. The van der Waals surface area contributed by atoms with Crippen LogP contribution in [0.5, 0.6) is 0 Å². The molecule has 102 valence electrons. The number of nitrogens with one attached hydrogen (secondary N) is 1. The summed E-state index contributed by atoms with van der Waals surface area (Å²) in [5.41, 5.74) is -1.06. The van der Waals surface area contributed by atoms with Crippen LogP contribution in [0.3, 0.4) is 0 Å². The first-order valence-corrected chi connectivity index (χ1v) is 5.96. The highest BCUT2D eigenvalue weighted by atomic mass is 16.5. The van der Waals surface area contributed by atoms with Crippen molar-refractivity contribution in [2.75, 3.05) is 20.3 Å². The molecule has 0 radical (unpaired) electrons. The molecule has 17 heavy (non-hydrogen) atoms. The van der Waals surface area contributed by atoms with Gasteiger partial charge in [-0.1, -0.05) is 13.8 Å². The minimum Gasteiger partial charge on any atom is -0.480 e. The summed E-state index contributed by atoms with van der Waals surface area (Å²) in [6.07, 6.45) is 1.11. The van der Waals surface area contributed by atoms with E-state index in [0.717, 1.165) is 6.42 Å². The Hall–Kier alpha value is -0.650. The predicted octanol–water partition coefficient (Wildman–Crippen LogP) is 0.863. The van der Waals surface area contributed by atoms with E-state index in [4.69, 9.17) is 4.74 Å². The first-order chi connectivity index (χ1) is 7.85. The van der Waals surface area contributed by atoms with Crippen molar-refractivity contribution in [3.05, 3.63) is 0 Å². The molecule has 0 saturated carbocycles. The van der Waals surface area contributed by atoms with E-state index in [2.05, 4.69) is 5.32 Å². The summed E-state index contributed by atoms with van der Waals surface area (Å²) in [6.45, 7) is 6.01. The van der Waals surface area contributed by atoms with Gasteiger partial charge < -0.3 is 14.9 Å². The van der Waals surface area contributed by atoms with Crippen molar-refractivity contribution in [3.63, 3.8) is 0 Å². The van der Waals surface area contributed by atoms with Crippen molar-refractivity contribution in [1.82, 2.24) is 5.32 Å². The second-order valence-electron chi connectivity index (χ2n) is 5.03. The Kier molecular flexibility index (Phi) is 7.34. The van der Waals surface area contributed by atoms with Gasteiger partial charge in [0.25, 0.3) is 0 Å². The van der Waals surface area contributed by atoms with Crippen LogP contribution in [0.1, 0.15) is 33.6 Å². The van der Waals surface area contributed by atoms with Gasteiger partial charge in [-0.05, 0) is 25.7 Å². The molecular formula is C12H25NO4. The Labute approximate surface area is 103 Å². The second kappa shape index (κ2) is 7.63. The predicted molar refractivity (Wildman–Crippen MR) is 66.0 cm³/mol. The zero-order valence-electron chi connectivity index (χ0n) is 11.2. The molecule has 0 bridgehead atoms. The molecule has 0 spiro atoms. The van der Waals surface area contributed by atoms with Gasteiger partial charge >= 0.3 is 5.97 Å². The van der Waals surface area contributed by atoms with Crippen LogP contribution in [0.25, 0.3) is 0 Å². The van der Waals surface area contributed by atoms with Gasteiger partial charge in [0.15, 0.2) is 0 Å². The van der Waals surface area contributed by atoms with Crippen LogP contribution in [0.2, 0.25) is 0 Å². The summed E-state index contributed by atoms with van der Waals surface area (Å²) in [4.78, 5) is 11.3. The summed E-state index contributed by atoms with van der Waals surface area (Å²) in [5.74, 6) is -0.517. The van der Waals surface area contributed by atoms with Gasteiger partial charge in [-0.15, -0.1) is 0 Å². The molecular weight excluding hydrogens is 222 g/mol. The average Bonchev–Trinajstić information content (AvgIpc) is 2.24. The number of hydrogen-bond acceptors (Lipinski definition) is 4. The number of carboxylic acid groups (broad SMARTS) is 1. The average molecular weight is 247 g/mol. The third-order valence-corrected chi connectivity index (χ3v) is 2.78. The molecule has 2 atom stereocenters. The van der Waals surface area contributed by atoms with Crippen molar-refractivity contribution in [3.8, 4) is 0 Å². The zero-order chi connectivity index (χ0) is 13.5. The molecule has 0 fully saturated rings. The summed E-state index contributed by atoms with van der Waals surface area (Å²) >= 11 is 0. The highest BCUT2D eigenvalue weighted by molar-refractivity contribution is 5.78. The van der Waals surface area contributed by atoms with Crippen molar-refractivity contribution < 1.29 is 19.7 Å². The molecule has 3 N–H and O–H groups in total. The maximum atomic E-state index is 11.3. The lowest BCUT2D eigenvalue weighted by Gasteiger charge is -2.31. The van der Waals surface area contributed by atoms with Crippen LogP contribution in [0.15, 0.2) is 0 Å². The molecule has 2 unspecified atom stereocenters. The maximum Gasteiger partial charge on any atom is 0.323 e. The van der Waals surface area contributed by atoms with Gasteiger partial charge in [0.1, 0.15) is 5.54 Å². The summed E-state index contributed by atoms with van der Waals surface area (Å²) in [6, 6.07) is -0.201. The fourth-order valence-electron chi connectivity index (χ4n) is 1.75. The number of carboxylic acids is 1. The normalized spacial score (nSPS) is 16.8. The van der Waals surface area contributed by atoms with E-state index < -0.39 is 11.5 Å². The molecule has 0 aromatic heterocycles. The molecule has 0 heterocycles. The van der Waals surface area contributed by atoms with E-state index in [-0.39, 0.29) is 12.6 Å². The van der Waals surface area contributed by atoms with Gasteiger partial charge in [0.05, 0.1) is 6.61 Å². The smallest absolute Gasteiger partial charge is 0.323 e. The van der Waals surface area contributed by atoms with Gasteiger partial charge in [-0.2, -0.15) is 0 Å². The number of rotatable bonds is 9. The fourth-order valence-corrected chi connectivity index (χ4v) is 1.75. The molecule has 0 aromatic carbocycles. The fraction of sp³-hybridized carbons (Fsp3) is 0.917. The van der Waals surface area contributed by atoms with Gasteiger partial charge in [0.2, 0.25) is 0 Å². The molecule has 0 aromatic rings. The highest BCUT2D eigenvalue weighted by Crippen LogP contribution is 2.14. The van der Waals surface area contributed by atoms with Gasteiger partial charge in [-0.25, -0.2) is 0 Å². The highest BCUT2D eigenvalue weighted by Gasteiger charge is 2.34. The Balaban J connectivity index is 4.54. The number of methoxy groups -OCH3 is 1. The van der Waals surface area contributed by atoms with Crippen LogP contribution in [0.4, 0.5) is 0 Å². The van der Waals surface area contributed by atoms with E-state index in [0.29, 0.717) is 18.9 Å². The van der Waals surface area contributed by atoms with E-state index >= 15 is 0 Å². The lowest BCUT2D eigenvalue weighted by atomic mass is 9.94. The largest absolute Gasteiger partial charge is 0.480 e. The van der Waals surface area contributed by atoms with Crippen molar-refractivity contribution in [2.45, 2.75) is 45.2 Å². The zero-order valence-corrected chi connectivity index (χ0v) is 11.2. The van der Waals surface area contributed by atoms with Crippen LogP contribution in [-0.4, -0.2) is 48.1 Å². The molecule has 0 aliphatic rings. The molecule has 0 amide bonds. The molecule has 0 aliphatic carbocycles. The first-order valence-electron chi connectivity index (χ1n) is 5.96. The summed E-state index contributed by atoms with van der Waals surface area (Å²) in [7, 11) is 1.54. The number of hydrogen-bond donors (Lipinski definition) is 3. The lowest BCUT2D eigenvalue weighted by Crippen LogP contribution is -2.55. The topological polar surface area (TPSA) is 78.8 Å². The monoisotopic (exact) mass is 247 g/mol. The molecule has 0 saturated heterocycles. The molecule has 0 aliphatic heterocycles. The minimum absolute atomic E-state index is 0.0615. The molecule has 0 rings (SSSR count). The quantitative estimate of drug-likeness (QED) is 0.563. The maximum absolute atomic E-state index is 11.3. The Morgan fingerprint density at radius 3 is 2.41 bits per heavy atom.